The van der Waals surface area contributed by atoms with E-state index in [1.165, 1.54) is 7.11 Å². The zero-order valence-corrected chi connectivity index (χ0v) is 19.4. The zero-order valence-electron chi connectivity index (χ0n) is 19.4. The molecule has 7 nitrogen and oxygen atoms in total. The number of carbonyl (C=O) groups is 1. The van der Waals surface area contributed by atoms with E-state index in [-0.39, 0.29) is 11.9 Å². The number of nitrogens with zero attached hydrogens (tertiary/aromatic N) is 4. The molecule has 0 saturated carbocycles. The number of likely N-dealkylation sites (tertiary alicyclic amines) is 1. The van der Waals surface area contributed by atoms with Gasteiger partial charge in [0.2, 0.25) is 0 Å². The second kappa shape index (κ2) is 9.86. The fraction of sp³-hybridized carbons (Fsp3) is 0.385. The van der Waals surface area contributed by atoms with Crippen molar-refractivity contribution in [2.24, 2.45) is 0 Å². The van der Waals surface area contributed by atoms with Crippen LogP contribution in [-0.2, 0) is 12.8 Å². The first-order chi connectivity index (χ1) is 16.1. The summed E-state index contributed by atoms with van der Waals surface area (Å²) in [7, 11) is 1.53. The molecule has 0 unspecified atom stereocenters. The summed E-state index contributed by atoms with van der Waals surface area (Å²) in [5, 5.41) is 16.4. The molecule has 1 aliphatic rings. The third kappa shape index (κ3) is 4.47. The third-order valence-electron chi connectivity index (χ3n) is 6.53. The highest BCUT2D eigenvalue weighted by Crippen LogP contribution is 2.32. The second-order valence-electron chi connectivity index (χ2n) is 8.31. The van der Waals surface area contributed by atoms with Crippen molar-refractivity contribution >= 4 is 5.91 Å². The van der Waals surface area contributed by atoms with Crippen molar-refractivity contribution in [1.29, 1.82) is 5.26 Å². The second-order valence-corrected chi connectivity index (χ2v) is 8.31. The van der Waals surface area contributed by atoms with Crippen molar-refractivity contribution in [3.8, 4) is 23.5 Å². The van der Waals surface area contributed by atoms with Gasteiger partial charge in [-0.3, -0.25) is 9.89 Å². The van der Waals surface area contributed by atoms with Crippen LogP contribution < -0.4 is 4.74 Å². The van der Waals surface area contributed by atoms with E-state index in [0.29, 0.717) is 24.8 Å². The molecule has 1 N–H and O–H groups in total. The summed E-state index contributed by atoms with van der Waals surface area (Å²) in [6.45, 7) is 5.52. The van der Waals surface area contributed by atoms with Gasteiger partial charge < -0.3 is 9.64 Å². The number of amides is 1. The van der Waals surface area contributed by atoms with Crippen LogP contribution in [0.2, 0.25) is 0 Å². The number of nitriles is 1. The maximum Gasteiger partial charge on any atom is 0.335 e. The minimum absolute atomic E-state index is 0.0502. The lowest BCUT2D eigenvalue weighted by molar-refractivity contribution is 0.0712. The average Bonchev–Trinajstić information content (AvgIpc) is 3.36. The van der Waals surface area contributed by atoms with E-state index in [2.05, 4.69) is 41.2 Å². The summed E-state index contributed by atoms with van der Waals surface area (Å²) in [4.78, 5) is 19.9. The van der Waals surface area contributed by atoms with Crippen LogP contribution in [0.3, 0.4) is 0 Å². The Hall–Kier alpha value is -3.66. The molecular weight excluding hydrogens is 414 g/mol. The summed E-state index contributed by atoms with van der Waals surface area (Å²) in [6, 6.07) is 14.4. The monoisotopic (exact) mass is 443 g/mol. The summed E-state index contributed by atoms with van der Waals surface area (Å²) in [5.41, 5.74) is 5.59. The van der Waals surface area contributed by atoms with Crippen molar-refractivity contribution in [2.45, 2.75) is 45.4 Å². The quantitative estimate of drug-likeness (QED) is 0.605. The van der Waals surface area contributed by atoms with Crippen LogP contribution >= 0.6 is 0 Å². The lowest BCUT2D eigenvalue weighted by Gasteiger charge is -2.33. The van der Waals surface area contributed by atoms with Crippen molar-refractivity contribution in [3.63, 3.8) is 0 Å². The maximum absolute atomic E-state index is 13.6. The largest absolute Gasteiger partial charge is 0.466 e. The molecule has 2 heterocycles. The number of aromatic amines is 1. The van der Waals surface area contributed by atoms with E-state index >= 15 is 0 Å². The molecule has 1 aromatic heterocycles. The summed E-state index contributed by atoms with van der Waals surface area (Å²) < 4.78 is 5.12. The number of H-pyrrole nitrogens is 1. The topological polar surface area (TPSA) is 94.9 Å². The Kier molecular flexibility index (Phi) is 6.74. The average molecular weight is 444 g/mol. The first-order valence-corrected chi connectivity index (χ1v) is 11.5. The smallest absolute Gasteiger partial charge is 0.335 e. The van der Waals surface area contributed by atoms with E-state index in [0.717, 1.165) is 59.1 Å². The van der Waals surface area contributed by atoms with Gasteiger partial charge >= 0.3 is 6.01 Å². The zero-order chi connectivity index (χ0) is 23.4. The molecule has 0 spiro atoms. The van der Waals surface area contributed by atoms with Crippen LogP contribution in [0.4, 0.5) is 0 Å². The molecule has 1 amide bonds. The van der Waals surface area contributed by atoms with Crippen LogP contribution in [0.5, 0.6) is 6.01 Å². The molecule has 3 aromatic rings. The van der Waals surface area contributed by atoms with Crippen LogP contribution in [0.15, 0.2) is 36.4 Å². The van der Waals surface area contributed by atoms with Gasteiger partial charge in [0.05, 0.1) is 18.7 Å². The Labute approximate surface area is 194 Å². The first-order valence-electron chi connectivity index (χ1n) is 11.5. The minimum atomic E-state index is 0.0502. The lowest BCUT2D eigenvalue weighted by Crippen LogP contribution is -2.38. The van der Waals surface area contributed by atoms with Crippen LogP contribution in [0.25, 0.3) is 11.4 Å². The highest BCUT2D eigenvalue weighted by Gasteiger charge is 2.27. The number of aryl methyl sites for hydroxylation is 2. The van der Waals surface area contributed by atoms with Crippen LogP contribution in [0, 0.1) is 11.3 Å². The number of methoxy groups -OCH3 is 1. The molecular formula is C26H29N5O2. The molecule has 0 bridgehead atoms. The number of hydrogen-bond acceptors (Lipinski definition) is 5. The summed E-state index contributed by atoms with van der Waals surface area (Å²) in [6.07, 6.45) is 3.31. The number of piperidine rings is 1. The molecule has 7 heteroatoms. The minimum Gasteiger partial charge on any atom is -0.466 e. The Balaban J connectivity index is 1.59. The molecule has 2 aromatic carbocycles. The van der Waals surface area contributed by atoms with Crippen LogP contribution in [-0.4, -0.2) is 46.2 Å². The first kappa shape index (κ1) is 22.5. The van der Waals surface area contributed by atoms with Crippen molar-refractivity contribution in [3.05, 3.63) is 64.2 Å². The molecule has 33 heavy (non-hydrogen) atoms. The van der Waals surface area contributed by atoms with Crippen LogP contribution in [0.1, 0.15) is 65.2 Å². The fourth-order valence-electron chi connectivity index (χ4n) is 4.68. The molecule has 4 rings (SSSR count). The van der Waals surface area contributed by atoms with E-state index in [1.807, 2.05) is 35.2 Å². The number of nitrogens with one attached hydrogen (secondary N) is 1. The van der Waals surface area contributed by atoms with Gasteiger partial charge in [-0.2, -0.15) is 10.2 Å². The Morgan fingerprint density at radius 1 is 1.18 bits per heavy atom. The highest BCUT2D eigenvalue weighted by molar-refractivity contribution is 5.97. The lowest BCUT2D eigenvalue weighted by atomic mass is 9.86. The van der Waals surface area contributed by atoms with Crippen molar-refractivity contribution in [2.75, 3.05) is 20.2 Å². The third-order valence-corrected chi connectivity index (χ3v) is 6.53. The standard InChI is InChI=1S/C26H29N5O2/c1-4-17-14-18(5-2)23(15-22(17)24-28-26(33-3)30-29-24)25(32)31-12-10-19(11-13-31)21-9-7-6-8-20(21)16-27/h6-9,14-15,19H,4-5,10-13H2,1-3H3,(H,28,29,30). The molecule has 170 valence electrons. The number of carbonyl (C=O) groups excluding carboxylic acids is 1. The summed E-state index contributed by atoms with van der Waals surface area (Å²) in [5.74, 6) is 0.955. The van der Waals surface area contributed by atoms with E-state index < -0.39 is 0 Å². The van der Waals surface area contributed by atoms with E-state index in [4.69, 9.17) is 4.74 Å². The SMILES string of the molecule is CCc1cc(CC)c(-c2nc(OC)n[nH]2)cc1C(=O)N1CCC(c2ccccc2C#N)CC1. The highest BCUT2D eigenvalue weighted by atomic mass is 16.5. The molecule has 1 aliphatic heterocycles. The van der Waals surface area contributed by atoms with Gasteiger partial charge in [0, 0.05) is 24.2 Å². The van der Waals surface area contributed by atoms with Gasteiger partial charge in [0.25, 0.3) is 5.91 Å². The molecule has 1 fully saturated rings. The number of rotatable bonds is 6. The number of ether oxygens (including phenoxy) is 1. The molecule has 0 radical (unpaired) electrons. The predicted molar refractivity (Wildman–Crippen MR) is 126 cm³/mol. The van der Waals surface area contributed by atoms with Gasteiger partial charge in [0.15, 0.2) is 5.82 Å². The van der Waals surface area contributed by atoms with Crippen molar-refractivity contribution in [1.82, 2.24) is 20.1 Å². The summed E-state index contributed by atoms with van der Waals surface area (Å²) >= 11 is 0. The van der Waals surface area contributed by atoms with E-state index in [1.54, 1.807) is 0 Å². The normalized spacial score (nSPS) is 14.2. The Morgan fingerprint density at radius 3 is 2.55 bits per heavy atom. The Morgan fingerprint density at radius 2 is 1.91 bits per heavy atom. The molecule has 0 aliphatic carbocycles. The molecule has 1 saturated heterocycles. The number of benzene rings is 2. The van der Waals surface area contributed by atoms with E-state index in [9.17, 15) is 10.1 Å². The number of aromatic nitrogens is 3. The van der Waals surface area contributed by atoms with Crippen molar-refractivity contribution < 1.29 is 9.53 Å². The Bertz CT molecular complexity index is 1190. The van der Waals surface area contributed by atoms with Gasteiger partial charge in [-0.15, -0.1) is 5.10 Å². The number of hydrogen-bond donors (Lipinski definition) is 1. The van der Waals surface area contributed by atoms with Gasteiger partial charge in [0.1, 0.15) is 0 Å². The van der Waals surface area contributed by atoms with Gasteiger partial charge in [-0.1, -0.05) is 38.1 Å². The van der Waals surface area contributed by atoms with Gasteiger partial charge in [-0.05, 0) is 60.4 Å². The maximum atomic E-state index is 13.6. The fourth-order valence-corrected chi connectivity index (χ4v) is 4.68. The van der Waals surface area contributed by atoms with Gasteiger partial charge in [-0.25, -0.2) is 0 Å². The predicted octanol–water partition coefficient (Wildman–Crippen LogP) is 4.50. The molecule has 0 atom stereocenters.